The molecule has 106 valence electrons. The second-order valence-electron chi connectivity index (χ2n) is 5.22. The van der Waals surface area contributed by atoms with Crippen LogP contribution in [0.5, 0.6) is 0 Å². The first-order chi connectivity index (χ1) is 10.2. The molecule has 1 aliphatic rings. The summed E-state index contributed by atoms with van der Waals surface area (Å²) in [6.07, 6.45) is 0. The summed E-state index contributed by atoms with van der Waals surface area (Å²) in [6, 6.07) is 16.0. The SMILES string of the molecule is N#C[C@H]1N[C@@H](CO)[C@@H]1c1ccc(-c2cccc(F)c2)cc1. The lowest BCUT2D eigenvalue weighted by molar-refractivity contribution is 0.151. The predicted molar refractivity (Wildman–Crippen MR) is 78.0 cm³/mol. The van der Waals surface area contributed by atoms with E-state index in [1.807, 2.05) is 30.3 Å². The highest BCUT2D eigenvalue weighted by molar-refractivity contribution is 5.63. The number of benzene rings is 2. The highest BCUT2D eigenvalue weighted by atomic mass is 19.1. The Morgan fingerprint density at radius 2 is 1.90 bits per heavy atom. The summed E-state index contributed by atoms with van der Waals surface area (Å²) in [4.78, 5) is 0. The minimum atomic E-state index is -0.262. The van der Waals surface area contributed by atoms with Gasteiger partial charge in [0, 0.05) is 12.0 Å². The van der Waals surface area contributed by atoms with Crippen molar-refractivity contribution >= 4 is 0 Å². The maximum Gasteiger partial charge on any atom is 0.123 e. The number of hydrogen-bond acceptors (Lipinski definition) is 3. The molecular weight excluding hydrogens is 267 g/mol. The number of halogens is 1. The Hall–Kier alpha value is -2.22. The van der Waals surface area contributed by atoms with E-state index in [9.17, 15) is 9.50 Å². The van der Waals surface area contributed by atoms with Crippen LogP contribution in [0.15, 0.2) is 48.5 Å². The van der Waals surface area contributed by atoms with Crippen molar-refractivity contribution in [1.82, 2.24) is 5.32 Å². The smallest absolute Gasteiger partial charge is 0.123 e. The fourth-order valence-electron chi connectivity index (χ4n) is 2.83. The zero-order valence-corrected chi connectivity index (χ0v) is 11.3. The van der Waals surface area contributed by atoms with Gasteiger partial charge in [0.2, 0.25) is 0 Å². The molecule has 3 atom stereocenters. The van der Waals surface area contributed by atoms with Crippen LogP contribution in [0.25, 0.3) is 11.1 Å². The molecular formula is C17H15FN2O. The monoisotopic (exact) mass is 282 g/mol. The molecule has 0 aromatic heterocycles. The summed E-state index contributed by atoms with van der Waals surface area (Å²) in [5.41, 5.74) is 2.77. The molecule has 2 aromatic rings. The molecule has 0 bridgehead atoms. The molecule has 2 aromatic carbocycles. The van der Waals surface area contributed by atoms with Crippen molar-refractivity contribution in [2.75, 3.05) is 6.61 Å². The average Bonchev–Trinajstić information content (AvgIpc) is 2.48. The molecule has 2 N–H and O–H groups in total. The molecule has 1 heterocycles. The molecule has 1 fully saturated rings. The molecule has 4 heteroatoms. The summed E-state index contributed by atoms with van der Waals surface area (Å²) in [7, 11) is 0. The average molecular weight is 282 g/mol. The fourth-order valence-corrected chi connectivity index (χ4v) is 2.83. The van der Waals surface area contributed by atoms with E-state index >= 15 is 0 Å². The molecule has 0 aliphatic carbocycles. The van der Waals surface area contributed by atoms with Gasteiger partial charge in [-0.05, 0) is 28.8 Å². The lowest BCUT2D eigenvalue weighted by Crippen LogP contribution is -2.60. The van der Waals surface area contributed by atoms with Crippen molar-refractivity contribution in [3.05, 3.63) is 59.9 Å². The highest BCUT2D eigenvalue weighted by Gasteiger charge is 2.41. The normalized spacial score (nSPS) is 24.1. The number of rotatable bonds is 3. The number of nitriles is 1. The van der Waals surface area contributed by atoms with E-state index in [0.29, 0.717) is 0 Å². The predicted octanol–water partition coefficient (Wildman–Crippen LogP) is 2.43. The van der Waals surface area contributed by atoms with Gasteiger partial charge in [0.05, 0.1) is 12.7 Å². The highest BCUT2D eigenvalue weighted by Crippen LogP contribution is 2.33. The first-order valence-electron chi connectivity index (χ1n) is 6.85. The van der Waals surface area contributed by atoms with Crippen LogP contribution in [-0.4, -0.2) is 23.8 Å². The zero-order chi connectivity index (χ0) is 14.8. The molecule has 0 radical (unpaired) electrons. The van der Waals surface area contributed by atoms with E-state index in [-0.39, 0.29) is 30.4 Å². The van der Waals surface area contributed by atoms with Gasteiger partial charge in [-0.2, -0.15) is 5.26 Å². The maximum absolute atomic E-state index is 13.2. The second-order valence-corrected chi connectivity index (χ2v) is 5.22. The van der Waals surface area contributed by atoms with Crippen LogP contribution in [0, 0.1) is 17.1 Å². The number of aliphatic hydroxyl groups excluding tert-OH is 1. The Morgan fingerprint density at radius 1 is 1.14 bits per heavy atom. The number of hydrogen-bond donors (Lipinski definition) is 2. The van der Waals surface area contributed by atoms with Crippen LogP contribution in [-0.2, 0) is 0 Å². The third-order valence-corrected chi connectivity index (χ3v) is 3.98. The number of nitrogens with one attached hydrogen (secondary N) is 1. The molecule has 1 saturated heterocycles. The molecule has 0 unspecified atom stereocenters. The van der Waals surface area contributed by atoms with Crippen molar-refractivity contribution in [1.29, 1.82) is 5.26 Å². The minimum absolute atomic E-state index is 0.00144. The summed E-state index contributed by atoms with van der Waals surface area (Å²) in [6.45, 7) is 0.00843. The van der Waals surface area contributed by atoms with Gasteiger partial charge in [-0.15, -0.1) is 0 Å². The summed E-state index contributed by atoms with van der Waals surface area (Å²) < 4.78 is 13.2. The van der Waals surface area contributed by atoms with E-state index < -0.39 is 0 Å². The Bertz CT molecular complexity index is 678. The second kappa shape index (κ2) is 5.65. The van der Waals surface area contributed by atoms with Crippen LogP contribution in [0.1, 0.15) is 11.5 Å². The van der Waals surface area contributed by atoms with E-state index in [2.05, 4.69) is 11.4 Å². The molecule has 21 heavy (non-hydrogen) atoms. The molecule has 0 amide bonds. The summed E-state index contributed by atoms with van der Waals surface area (Å²) >= 11 is 0. The maximum atomic E-state index is 13.2. The van der Waals surface area contributed by atoms with Crippen molar-refractivity contribution in [3.63, 3.8) is 0 Å². The molecule has 3 nitrogen and oxygen atoms in total. The van der Waals surface area contributed by atoms with E-state index in [0.717, 1.165) is 16.7 Å². The number of nitrogens with zero attached hydrogens (tertiary/aromatic N) is 1. The molecule has 1 aliphatic heterocycles. The largest absolute Gasteiger partial charge is 0.395 e. The lowest BCUT2D eigenvalue weighted by Gasteiger charge is -2.41. The quantitative estimate of drug-likeness (QED) is 0.909. The lowest BCUT2D eigenvalue weighted by atomic mass is 9.78. The Balaban J connectivity index is 1.86. The van der Waals surface area contributed by atoms with Gasteiger partial charge in [-0.3, -0.25) is 5.32 Å². The number of aliphatic hydroxyl groups is 1. The van der Waals surface area contributed by atoms with Crippen molar-refractivity contribution in [2.24, 2.45) is 0 Å². The van der Waals surface area contributed by atoms with Crippen LogP contribution in [0.4, 0.5) is 4.39 Å². The van der Waals surface area contributed by atoms with Gasteiger partial charge in [-0.1, -0.05) is 36.4 Å². The Morgan fingerprint density at radius 3 is 2.52 bits per heavy atom. The first-order valence-corrected chi connectivity index (χ1v) is 6.85. The third kappa shape index (κ3) is 2.54. The van der Waals surface area contributed by atoms with Crippen molar-refractivity contribution in [3.8, 4) is 17.2 Å². The fraction of sp³-hybridized carbons (Fsp3) is 0.235. The Kier molecular flexibility index (Phi) is 3.70. The standard InChI is InChI=1S/C17H15FN2O/c18-14-3-1-2-13(8-14)11-4-6-12(7-5-11)17-15(9-19)20-16(17)10-21/h1-8,15-17,20-21H,10H2/t15-,16+,17-/m1/s1. The minimum Gasteiger partial charge on any atom is -0.395 e. The van der Waals surface area contributed by atoms with Crippen LogP contribution in [0.3, 0.4) is 0 Å². The molecule has 3 rings (SSSR count). The van der Waals surface area contributed by atoms with Gasteiger partial charge in [-0.25, -0.2) is 4.39 Å². The third-order valence-electron chi connectivity index (χ3n) is 3.98. The zero-order valence-electron chi connectivity index (χ0n) is 11.3. The van der Waals surface area contributed by atoms with Crippen molar-refractivity contribution in [2.45, 2.75) is 18.0 Å². The van der Waals surface area contributed by atoms with Crippen LogP contribution >= 0.6 is 0 Å². The summed E-state index contributed by atoms with van der Waals surface area (Å²) in [5.74, 6) is -0.258. The summed E-state index contributed by atoms with van der Waals surface area (Å²) in [5, 5.41) is 21.4. The van der Waals surface area contributed by atoms with Gasteiger partial charge in [0.1, 0.15) is 11.9 Å². The van der Waals surface area contributed by atoms with Crippen LogP contribution < -0.4 is 5.32 Å². The van der Waals surface area contributed by atoms with Crippen LogP contribution in [0.2, 0.25) is 0 Å². The topological polar surface area (TPSA) is 56.0 Å². The van der Waals surface area contributed by atoms with E-state index in [1.165, 1.54) is 12.1 Å². The van der Waals surface area contributed by atoms with Gasteiger partial charge in [0.15, 0.2) is 0 Å². The van der Waals surface area contributed by atoms with Gasteiger partial charge < -0.3 is 5.11 Å². The van der Waals surface area contributed by atoms with Crippen molar-refractivity contribution < 1.29 is 9.50 Å². The Labute approximate surface area is 122 Å². The van der Waals surface area contributed by atoms with E-state index in [4.69, 9.17) is 5.26 Å². The molecule has 0 saturated carbocycles. The molecule has 0 spiro atoms. The van der Waals surface area contributed by atoms with E-state index in [1.54, 1.807) is 6.07 Å². The van der Waals surface area contributed by atoms with Gasteiger partial charge in [0.25, 0.3) is 0 Å². The van der Waals surface area contributed by atoms with Gasteiger partial charge >= 0.3 is 0 Å². The first kappa shape index (κ1) is 13.7.